The van der Waals surface area contributed by atoms with Crippen molar-refractivity contribution in [2.24, 2.45) is 11.8 Å². The number of rotatable bonds is 8. The Morgan fingerprint density at radius 2 is 1.95 bits per heavy atom. The first kappa shape index (κ1) is 16.6. The molecule has 0 aromatic carbocycles. The van der Waals surface area contributed by atoms with Gasteiger partial charge in [0.1, 0.15) is 5.01 Å². The lowest BCUT2D eigenvalue weighted by Gasteiger charge is -2.26. The van der Waals surface area contributed by atoms with Crippen LogP contribution in [-0.4, -0.2) is 29.5 Å². The SMILES string of the molecule is CC(C)CNCc1nc(CN(C)C(C)C(C)C)cs1. The summed E-state index contributed by atoms with van der Waals surface area (Å²) in [6.45, 7) is 14.2. The van der Waals surface area contributed by atoms with E-state index in [0.29, 0.717) is 17.9 Å². The molecule has 4 heteroatoms. The summed E-state index contributed by atoms with van der Waals surface area (Å²) >= 11 is 1.76. The topological polar surface area (TPSA) is 28.2 Å². The molecular formula is C15H29N3S. The van der Waals surface area contributed by atoms with Crippen molar-refractivity contribution in [3.8, 4) is 0 Å². The first-order chi connectivity index (χ1) is 8.90. The fourth-order valence-electron chi connectivity index (χ4n) is 1.88. The molecule has 0 aliphatic carbocycles. The Balaban J connectivity index is 2.42. The zero-order chi connectivity index (χ0) is 14.4. The normalized spacial score (nSPS) is 13.7. The quantitative estimate of drug-likeness (QED) is 0.793. The second-order valence-corrected chi connectivity index (χ2v) is 7.10. The zero-order valence-electron chi connectivity index (χ0n) is 13.2. The van der Waals surface area contributed by atoms with Crippen molar-refractivity contribution in [2.45, 2.75) is 53.8 Å². The molecule has 0 aliphatic heterocycles. The number of nitrogens with one attached hydrogen (secondary N) is 1. The maximum Gasteiger partial charge on any atom is 0.107 e. The third kappa shape index (κ3) is 6.02. The van der Waals surface area contributed by atoms with Crippen LogP contribution in [0.1, 0.15) is 45.3 Å². The van der Waals surface area contributed by atoms with Crippen molar-refractivity contribution in [2.75, 3.05) is 13.6 Å². The van der Waals surface area contributed by atoms with E-state index in [1.165, 1.54) is 10.7 Å². The Kier molecular flexibility index (Phi) is 6.97. The van der Waals surface area contributed by atoms with Crippen molar-refractivity contribution in [1.82, 2.24) is 15.2 Å². The van der Waals surface area contributed by atoms with Gasteiger partial charge in [0.2, 0.25) is 0 Å². The number of nitrogens with zero attached hydrogens (tertiary/aromatic N) is 2. The summed E-state index contributed by atoms with van der Waals surface area (Å²) in [6.07, 6.45) is 0. The van der Waals surface area contributed by atoms with E-state index in [2.05, 4.69) is 57.3 Å². The van der Waals surface area contributed by atoms with E-state index < -0.39 is 0 Å². The van der Waals surface area contributed by atoms with E-state index in [-0.39, 0.29) is 0 Å². The minimum absolute atomic E-state index is 0.587. The highest BCUT2D eigenvalue weighted by atomic mass is 32.1. The standard InChI is InChI=1S/C15H29N3S/c1-11(2)7-16-8-15-17-14(10-19-15)9-18(6)13(5)12(3)4/h10-13,16H,7-9H2,1-6H3. The fourth-order valence-corrected chi connectivity index (χ4v) is 2.63. The molecule has 3 nitrogen and oxygen atoms in total. The molecule has 0 radical (unpaired) electrons. The van der Waals surface area contributed by atoms with Gasteiger partial charge in [-0.3, -0.25) is 4.90 Å². The lowest BCUT2D eigenvalue weighted by molar-refractivity contribution is 0.198. The first-order valence-corrected chi connectivity index (χ1v) is 8.12. The van der Waals surface area contributed by atoms with Crippen LogP contribution in [0.15, 0.2) is 5.38 Å². The molecule has 1 atom stereocenters. The van der Waals surface area contributed by atoms with Crippen LogP contribution in [0.3, 0.4) is 0 Å². The average Bonchev–Trinajstić information content (AvgIpc) is 2.75. The molecule has 0 spiro atoms. The molecule has 0 saturated heterocycles. The summed E-state index contributed by atoms with van der Waals surface area (Å²) in [7, 11) is 2.18. The number of hydrogen-bond donors (Lipinski definition) is 1. The second kappa shape index (κ2) is 7.98. The molecule has 0 fully saturated rings. The lowest BCUT2D eigenvalue weighted by atomic mass is 10.1. The van der Waals surface area contributed by atoms with Crippen LogP contribution in [0.2, 0.25) is 0 Å². The zero-order valence-corrected chi connectivity index (χ0v) is 14.0. The van der Waals surface area contributed by atoms with Crippen LogP contribution in [0.5, 0.6) is 0 Å². The summed E-state index contributed by atoms with van der Waals surface area (Å²) in [4.78, 5) is 7.08. The molecule has 0 amide bonds. The van der Waals surface area contributed by atoms with Crippen LogP contribution in [0, 0.1) is 11.8 Å². The van der Waals surface area contributed by atoms with Gasteiger partial charge < -0.3 is 5.32 Å². The van der Waals surface area contributed by atoms with Crippen molar-refractivity contribution in [3.05, 3.63) is 16.1 Å². The highest BCUT2D eigenvalue weighted by Gasteiger charge is 2.14. The Bertz CT molecular complexity index is 360. The van der Waals surface area contributed by atoms with Gasteiger partial charge in [-0.25, -0.2) is 4.98 Å². The number of hydrogen-bond acceptors (Lipinski definition) is 4. The smallest absolute Gasteiger partial charge is 0.107 e. The van der Waals surface area contributed by atoms with Crippen molar-refractivity contribution >= 4 is 11.3 Å². The highest BCUT2D eigenvalue weighted by molar-refractivity contribution is 7.09. The van der Waals surface area contributed by atoms with Crippen molar-refractivity contribution in [3.63, 3.8) is 0 Å². The summed E-state index contributed by atoms with van der Waals surface area (Å²) in [5.74, 6) is 1.37. The molecule has 1 N–H and O–H groups in total. The predicted octanol–water partition coefficient (Wildman–Crippen LogP) is 3.37. The fraction of sp³-hybridized carbons (Fsp3) is 0.800. The van der Waals surface area contributed by atoms with Crippen molar-refractivity contribution < 1.29 is 0 Å². The Hall–Kier alpha value is -0.450. The molecule has 19 heavy (non-hydrogen) atoms. The molecule has 0 bridgehead atoms. The van der Waals surface area contributed by atoms with Gasteiger partial charge >= 0.3 is 0 Å². The highest BCUT2D eigenvalue weighted by Crippen LogP contribution is 2.15. The van der Waals surface area contributed by atoms with Crippen molar-refractivity contribution in [1.29, 1.82) is 0 Å². The van der Waals surface area contributed by atoms with E-state index >= 15 is 0 Å². The van der Waals surface area contributed by atoms with E-state index in [9.17, 15) is 0 Å². The van der Waals surface area contributed by atoms with E-state index in [0.717, 1.165) is 19.6 Å². The summed E-state index contributed by atoms with van der Waals surface area (Å²) < 4.78 is 0. The molecule has 1 aromatic heterocycles. The van der Waals surface area contributed by atoms with Gasteiger partial charge in [-0.1, -0.05) is 27.7 Å². The Morgan fingerprint density at radius 3 is 2.53 bits per heavy atom. The number of aromatic nitrogens is 1. The summed E-state index contributed by atoms with van der Waals surface area (Å²) in [5, 5.41) is 6.83. The first-order valence-electron chi connectivity index (χ1n) is 7.24. The predicted molar refractivity (Wildman–Crippen MR) is 84.4 cm³/mol. The third-order valence-corrected chi connectivity index (χ3v) is 4.40. The van der Waals surface area contributed by atoms with Gasteiger partial charge in [-0.05, 0) is 32.4 Å². The molecule has 0 aliphatic rings. The van der Waals surface area contributed by atoms with E-state index in [1.807, 2.05) is 0 Å². The average molecular weight is 283 g/mol. The number of thiazole rings is 1. The van der Waals surface area contributed by atoms with Crippen LogP contribution >= 0.6 is 11.3 Å². The minimum Gasteiger partial charge on any atom is -0.310 e. The molecule has 1 rings (SSSR count). The van der Waals surface area contributed by atoms with Gasteiger partial charge in [0.25, 0.3) is 0 Å². The van der Waals surface area contributed by atoms with Gasteiger partial charge in [0.15, 0.2) is 0 Å². The lowest BCUT2D eigenvalue weighted by Crippen LogP contribution is -2.32. The molecule has 1 heterocycles. The van der Waals surface area contributed by atoms with Crippen LogP contribution in [0.4, 0.5) is 0 Å². The molecule has 1 aromatic rings. The molecular weight excluding hydrogens is 254 g/mol. The second-order valence-electron chi connectivity index (χ2n) is 6.16. The van der Waals surface area contributed by atoms with Gasteiger partial charge in [-0.15, -0.1) is 11.3 Å². The third-order valence-electron chi connectivity index (χ3n) is 3.50. The maximum absolute atomic E-state index is 4.70. The van der Waals surface area contributed by atoms with Gasteiger partial charge in [0, 0.05) is 24.5 Å². The van der Waals surface area contributed by atoms with Crippen LogP contribution < -0.4 is 5.32 Å². The van der Waals surface area contributed by atoms with Crippen LogP contribution in [-0.2, 0) is 13.1 Å². The van der Waals surface area contributed by atoms with E-state index in [1.54, 1.807) is 11.3 Å². The minimum atomic E-state index is 0.587. The Morgan fingerprint density at radius 1 is 1.26 bits per heavy atom. The Labute approximate surface area is 122 Å². The largest absolute Gasteiger partial charge is 0.310 e. The monoisotopic (exact) mass is 283 g/mol. The maximum atomic E-state index is 4.70. The van der Waals surface area contributed by atoms with E-state index in [4.69, 9.17) is 4.98 Å². The summed E-state index contributed by atoms with van der Waals surface area (Å²) in [5.41, 5.74) is 1.20. The van der Waals surface area contributed by atoms with Crippen LogP contribution in [0.25, 0.3) is 0 Å². The van der Waals surface area contributed by atoms with Gasteiger partial charge in [0.05, 0.1) is 5.69 Å². The summed E-state index contributed by atoms with van der Waals surface area (Å²) in [6, 6.07) is 0.587. The molecule has 1 unspecified atom stereocenters. The molecule has 110 valence electrons. The molecule has 0 saturated carbocycles. The van der Waals surface area contributed by atoms with Gasteiger partial charge in [-0.2, -0.15) is 0 Å².